The van der Waals surface area contributed by atoms with Gasteiger partial charge in [-0.05, 0) is 90.5 Å². The van der Waals surface area contributed by atoms with Crippen molar-refractivity contribution >= 4 is 38.6 Å². The second kappa shape index (κ2) is 12.8. The minimum Gasteiger partial charge on any atom is -0.309 e. The highest BCUT2D eigenvalue weighted by molar-refractivity contribution is 6.13. The van der Waals surface area contributed by atoms with E-state index in [4.69, 9.17) is 0 Å². The van der Waals surface area contributed by atoms with Crippen LogP contribution in [0.3, 0.4) is 0 Å². The van der Waals surface area contributed by atoms with Gasteiger partial charge in [-0.25, -0.2) is 0 Å². The van der Waals surface area contributed by atoms with E-state index in [2.05, 4.69) is 219 Å². The zero-order chi connectivity index (χ0) is 36.2. The molecule has 0 amide bonds. The molecule has 54 heavy (non-hydrogen) atoms. The van der Waals surface area contributed by atoms with Gasteiger partial charge >= 0.3 is 0 Å². The van der Waals surface area contributed by atoms with E-state index in [1.807, 2.05) is 0 Å². The van der Waals surface area contributed by atoms with E-state index in [9.17, 15) is 0 Å². The van der Waals surface area contributed by atoms with Crippen LogP contribution in [0.25, 0.3) is 66.1 Å². The number of benzene rings is 9. The summed E-state index contributed by atoms with van der Waals surface area (Å²) >= 11 is 0. The average molecular weight is 690 g/mol. The van der Waals surface area contributed by atoms with Crippen molar-refractivity contribution in [3.05, 3.63) is 211 Å². The lowest BCUT2D eigenvalue weighted by Gasteiger charge is -2.30. The van der Waals surface area contributed by atoms with Gasteiger partial charge in [0.1, 0.15) is 0 Å². The fraction of sp³-hybridized carbons (Fsp3) is 0.0566. The molecule has 0 aliphatic heterocycles. The third-order valence-electron chi connectivity index (χ3n) is 11.5. The van der Waals surface area contributed by atoms with Gasteiger partial charge in [0.25, 0.3) is 0 Å². The van der Waals surface area contributed by atoms with Gasteiger partial charge in [-0.3, -0.25) is 0 Å². The molecule has 0 heterocycles. The van der Waals surface area contributed by atoms with Crippen LogP contribution in [0, 0.1) is 0 Å². The van der Waals surface area contributed by atoms with Crippen LogP contribution in [-0.2, 0) is 5.41 Å². The molecule has 0 N–H and O–H groups in total. The van der Waals surface area contributed by atoms with E-state index >= 15 is 0 Å². The summed E-state index contributed by atoms with van der Waals surface area (Å²) in [7, 11) is 0. The third kappa shape index (κ3) is 5.08. The molecule has 9 aromatic carbocycles. The summed E-state index contributed by atoms with van der Waals surface area (Å²) in [5.74, 6) is 0. The normalized spacial score (nSPS) is 12.8. The lowest BCUT2D eigenvalue weighted by molar-refractivity contribution is 0.660. The molecule has 9 aromatic rings. The Labute approximate surface area is 317 Å². The van der Waals surface area contributed by atoms with Gasteiger partial charge in [0.15, 0.2) is 0 Å². The van der Waals surface area contributed by atoms with E-state index in [1.54, 1.807) is 0 Å². The molecule has 0 unspecified atom stereocenters. The molecule has 1 nitrogen and oxygen atoms in total. The first-order chi connectivity index (χ1) is 26.6. The maximum atomic E-state index is 2.50. The Morgan fingerprint density at radius 2 is 0.889 bits per heavy atom. The van der Waals surface area contributed by atoms with Gasteiger partial charge < -0.3 is 4.90 Å². The molecule has 0 atom stereocenters. The van der Waals surface area contributed by atoms with Crippen molar-refractivity contribution in [2.24, 2.45) is 0 Å². The monoisotopic (exact) mass is 689 g/mol. The van der Waals surface area contributed by atoms with Crippen molar-refractivity contribution in [1.82, 2.24) is 0 Å². The number of para-hydroxylation sites is 1. The van der Waals surface area contributed by atoms with Crippen molar-refractivity contribution in [3.63, 3.8) is 0 Å². The Morgan fingerprint density at radius 1 is 0.333 bits per heavy atom. The van der Waals surface area contributed by atoms with E-state index in [1.165, 1.54) is 77.2 Å². The van der Waals surface area contributed by atoms with E-state index in [-0.39, 0.29) is 5.41 Å². The summed E-state index contributed by atoms with van der Waals surface area (Å²) < 4.78 is 0. The smallest absolute Gasteiger partial charge is 0.0540 e. The average Bonchev–Trinajstić information content (AvgIpc) is 3.47. The Bertz CT molecular complexity index is 2860. The minimum absolute atomic E-state index is 0.0728. The fourth-order valence-corrected chi connectivity index (χ4v) is 8.91. The molecule has 256 valence electrons. The summed E-state index contributed by atoms with van der Waals surface area (Å²) in [5.41, 5.74) is 15.9. The number of anilines is 3. The van der Waals surface area contributed by atoms with Crippen LogP contribution < -0.4 is 4.90 Å². The summed E-state index contributed by atoms with van der Waals surface area (Å²) in [5, 5.41) is 4.97. The zero-order valence-electron chi connectivity index (χ0n) is 30.5. The molecule has 0 radical (unpaired) electrons. The number of hydrogen-bond acceptors (Lipinski definition) is 1. The fourth-order valence-electron chi connectivity index (χ4n) is 8.91. The van der Waals surface area contributed by atoms with E-state index in [0.717, 1.165) is 17.1 Å². The lowest BCUT2D eigenvalue weighted by atomic mass is 9.82. The highest BCUT2D eigenvalue weighted by atomic mass is 15.1. The molecule has 0 saturated carbocycles. The summed E-state index contributed by atoms with van der Waals surface area (Å²) in [6.45, 7) is 4.70. The first-order valence-electron chi connectivity index (χ1n) is 18.9. The molecular weight excluding hydrogens is 651 g/mol. The van der Waals surface area contributed by atoms with Gasteiger partial charge in [0, 0.05) is 22.1 Å². The van der Waals surface area contributed by atoms with Crippen molar-refractivity contribution in [2.75, 3.05) is 4.90 Å². The van der Waals surface area contributed by atoms with Gasteiger partial charge in [0.05, 0.1) is 11.4 Å². The Hall–Kier alpha value is -6.70. The molecule has 1 aliphatic carbocycles. The molecule has 0 fully saturated rings. The maximum absolute atomic E-state index is 2.50. The number of rotatable bonds is 6. The first-order valence-corrected chi connectivity index (χ1v) is 18.9. The molecule has 0 spiro atoms. The van der Waals surface area contributed by atoms with Crippen molar-refractivity contribution in [1.29, 1.82) is 0 Å². The lowest BCUT2D eigenvalue weighted by Crippen LogP contribution is -2.15. The highest BCUT2D eigenvalue weighted by Gasteiger charge is 2.35. The molecular formula is C53H39N. The molecule has 10 rings (SSSR count). The van der Waals surface area contributed by atoms with Crippen molar-refractivity contribution < 1.29 is 0 Å². The Morgan fingerprint density at radius 3 is 1.69 bits per heavy atom. The molecule has 1 heteroatoms. The van der Waals surface area contributed by atoms with Gasteiger partial charge in [-0.15, -0.1) is 0 Å². The molecule has 0 saturated heterocycles. The Balaban J connectivity index is 1.24. The van der Waals surface area contributed by atoms with Crippen LogP contribution in [0.15, 0.2) is 200 Å². The van der Waals surface area contributed by atoms with Gasteiger partial charge in [-0.1, -0.05) is 190 Å². The standard InChI is InChI=1S/C53H39N/c1-53(2)49-28-14-12-25-45(49)48-35-38(32-34-50(48)53)54(52-30-16-27-42-40-20-7-6-19-37(40)31-33-47(42)52)51-29-15-13-26-46(51)44-24-11-10-23-43(44)41-22-9-8-21-39(41)36-17-4-3-5-18-36/h3-35H,1-2H3. The topological polar surface area (TPSA) is 3.24 Å². The molecule has 1 aliphatic rings. The molecule has 0 bridgehead atoms. The molecule has 0 aromatic heterocycles. The summed E-state index contributed by atoms with van der Waals surface area (Å²) in [6.07, 6.45) is 0. The quantitative estimate of drug-likeness (QED) is 0.157. The summed E-state index contributed by atoms with van der Waals surface area (Å²) in [4.78, 5) is 2.50. The Kier molecular flexibility index (Phi) is 7.56. The van der Waals surface area contributed by atoms with E-state index < -0.39 is 0 Å². The van der Waals surface area contributed by atoms with Gasteiger partial charge in [0.2, 0.25) is 0 Å². The van der Waals surface area contributed by atoms with Crippen LogP contribution in [0.1, 0.15) is 25.0 Å². The van der Waals surface area contributed by atoms with Crippen LogP contribution in [0.4, 0.5) is 17.1 Å². The van der Waals surface area contributed by atoms with Crippen LogP contribution >= 0.6 is 0 Å². The van der Waals surface area contributed by atoms with Crippen LogP contribution in [-0.4, -0.2) is 0 Å². The van der Waals surface area contributed by atoms with Crippen LogP contribution in [0.5, 0.6) is 0 Å². The largest absolute Gasteiger partial charge is 0.309 e. The number of nitrogens with zero attached hydrogens (tertiary/aromatic N) is 1. The predicted octanol–water partition coefficient (Wildman–Crippen LogP) is 14.8. The van der Waals surface area contributed by atoms with E-state index in [0.29, 0.717) is 0 Å². The van der Waals surface area contributed by atoms with Gasteiger partial charge in [-0.2, -0.15) is 0 Å². The SMILES string of the molecule is CC1(C)c2ccccc2-c2cc(N(c3ccccc3-c3ccccc3-c3ccccc3-c3ccccc3)c3cccc4c3ccc3ccccc34)ccc21. The van der Waals surface area contributed by atoms with Crippen molar-refractivity contribution in [3.8, 4) is 44.5 Å². The second-order valence-corrected chi connectivity index (χ2v) is 14.9. The minimum atomic E-state index is -0.0728. The summed E-state index contributed by atoms with van der Waals surface area (Å²) in [6, 6.07) is 73.5. The predicted molar refractivity (Wildman–Crippen MR) is 230 cm³/mol. The van der Waals surface area contributed by atoms with Crippen molar-refractivity contribution in [2.45, 2.75) is 19.3 Å². The first kappa shape index (κ1) is 32.0. The van der Waals surface area contributed by atoms with Crippen LogP contribution in [0.2, 0.25) is 0 Å². The maximum Gasteiger partial charge on any atom is 0.0540 e. The number of hydrogen-bond donors (Lipinski definition) is 0. The third-order valence-corrected chi connectivity index (χ3v) is 11.5. The number of fused-ring (bicyclic) bond motifs is 6. The zero-order valence-corrected chi connectivity index (χ0v) is 30.5. The second-order valence-electron chi connectivity index (χ2n) is 14.9. The highest BCUT2D eigenvalue weighted by Crippen LogP contribution is 2.52.